The zero-order valence-electron chi connectivity index (χ0n) is 25.7. The number of ether oxygens (including phenoxy) is 2. The van der Waals surface area contributed by atoms with Crippen molar-refractivity contribution >= 4 is 23.5 Å². The molecule has 1 aliphatic rings. The number of benzene rings is 2. The lowest BCUT2D eigenvalue weighted by Crippen LogP contribution is -2.42. The zero-order valence-corrected chi connectivity index (χ0v) is 25.7. The summed E-state index contributed by atoms with van der Waals surface area (Å²) in [6, 6.07) is 20.0. The van der Waals surface area contributed by atoms with Crippen LogP contribution in [0.1, 0.15) is 52.5 Å². The Labute approximate surface area is 251 Å². The fourth-order valence-corrected chi connectivity index (χ4v) is 4.94. The quantitative estimate of drug-likeness (QED) is 0.230. The van der Waals surface area contributed by atoms with Crippen LogP contribution in [-0.2, 0) is 30.4 Å². The molecule has 1 saturated heterocycles. The highest BCUT2D eigenvalue weighted by Gasteiger charge is 2.23. The number of morpholine rings is 1. The van der Waals surface area contributed by atoms with Gasteiger partial charge in [-0.05, 0) is 50.8 Å². The summed E-state index contributed by atoms with van der Waals surface area (Å²) in [5.41, 5.74) is 1.52. The molecule has 0 aliphatic carbocycles. The van der Waals surface area contributed by atoms with Crippen LogP contribution in [0.3, 0.4) is 0 Å². The van der Waals surface area contributed by atoms with Gasteiger partial charge in [0.15, 0.2) is 0 Å². The maximum Gasteiger partial charge on any atom is 0.330 e. The normalized spacial score (nSPS) is 14.6. The van der Waals surface area contributed by atoms with Gasteiger partial charge in [-0.15, -0.1) is 0 Å². The van der Waals surface area contributed by atoms with Crippen LogP contribution in [0.5, 0.6) is 0 Å². The molecule has 0 bridgehead atoms. The van der Waals surface area contributed by atoms with Crippen LogP contribution in [-0.4, -0.2) is 79.1 Å². The van der Waals surface area contributed by atoms with Gasteiger partial charge >= 0.3 is 5.97 Å². The fraction of sp³-hybridized carbons (Fsp3) is 0.500. The summed E-state index contributed by atoms with van der Waals surface area (Å²) < 4.78 is 10.7. The molecule has 0 spiro atoms. The molecule has 1 fully saturated rings. The Balaban J connectivity index is 1.63. The summed E-state index contributed by atoms with van der Waals surface area (Å²) in [4.78, 5) is 44.2. The number of anilines is 1. The monoisotopic (exact) mass is 577 g/mol. The standard InChI is InChI=1S/C34H47N3O5/c1-28(25-35(27-29-13-7-5-8-14-29)20-12-11-17-33(40)42-34(2,3)4)26-37(30-15-9-6-10-16-30)32(39)19-18-31(38)36-21-23-41-24-22-36/h5-11,13-17,28H,12,18-27H2,1-4H3/b17-11-/t28-/m0/s1. The third-order valence-electron chi connectivity index (χ3n) is 6.87. The number of nitrogens with zero attached hydrogens (tertiary/aromatic N) is 3. The second-order valence-corrected chi connectivity index (χ2v) is 11.9. The van der Waals surface area contributed by atoms with E-state index in [1.54, 1.807) is 4.90 Å². The number of esters is 1. The number of hydrogen-bond donors (Lipinski definition) is 0. The summed E-state index contributed by atoms with van der Waals surface area (Å²) in [5, 5.41) is 0. The molecule has 8 heteroatoms. The molecule has 3 rings (SSSR count). The lowest BCUT2D eigenvalue weighted by Gasteiger charge is -2.31. The van der Waals surface area contributed by atoms with E-state index in [0.717, 1.165) is 25.3 Å². The third-order valence-corrected chi connectivity index (χ3v) is 6.87. The van der Waals surface area contributed by atoms with Gasteiger partial charge in [0.2, 0.25) is 11.8 Å². The third kappa shape index (κ3) is 12.2. The Hall–Kier alpha value is -3.49. The van der Waals surface area contributed by atoms with Crippen molar-refractivity contribution in [2.24, 2.45) is 5.92 Å². The van der Waals surface area contributed by atoms with Crippen LogP contribution in [0, 0.1) is 5.92 Å². The first-order chi connectivity index (χ1) is 20.1. The van der Waals surface area contributed by atoms with E-state index in [2.05, 4.69) is 24.0 Å². The van der Waals surface area contributed by atoms with Gasteiger partial charge in [-0.1, -0.05) is 61.5 Å². The Morgan fingerprint density at radius 3 is 2.24 bits per heavy atom. The molecule has 0 aromatic heterocycles. The van der Waals surface area contributed by atoms with Crippen LogP contribution < -0.4 is 4.90 Å². The Morgan fingerprint density at radius 2 is 1.60 bits per heavy atom. The van der Waals surface area contributed by atoms with E-state index in [-0.39, 0.29) is 36.5 Å². The van der Waals surface area contributed by atoms with Gasteiger partial charge in [0, 0.05) is 63.9 Å². The van der Waals surface area contributed by atoms with Crippen LogP contribution >= 0.6 is 0 Å². The van der Waals surface area contributed by atoms with Gasteiger partial charge in [-0.2, -0.15) is 0 Å². The first kappa shape index (κ1) is 33.0. The van der Waals surface area contributed by atoms with Gasteiger partial charge in [-0.25, -0.2) is 4.79 Å². The predicted molar refractivity (Wildman–Crippen MR) is 166 cm³/mol. The number of para-hydroxylation sites is 1. The van der Waals surface area contributed by atoms with Crippen LogP contribution in [0.25, 0.3) is 0 Å². The Bertz CT molecular complexity index is 1140. The summed E-state index contributed by atoms with van der Waals surface area (Å²) in [7, 11) is 0. The number of amides is 2. The highest BCUT2D eigenvalue weighted by atomic mass is 16.6. The lowest BCUT2D eigenvalue weighted by atomic mass is 10.1. The van der Waals surface area contributed by atoms with E-state index < -0.39 is 5.60 Å². The molecule has 0 N–H and O–H groups in total. The van der Waals surface area contributed by atoms with E-state index in [1.165, 1.54) is 11.6 Å². The topological polar surface area (TPSA) is 79.4 Å². The van der Waals surface area contributed by atoms with Crippen molar-refractivity contribution in [3.63, 3.8) is 0 Å². The Kier molecular flexibility index (Phi) is 13.2. The van der Waals surface area contributed by atoms with Gasteiger partial charge in [0.05, 0.1) is 13.2 Å². The largest absolute Gasteiger partial charge is 0.457 e. The highest BCUT2D eigenvalue weighted by Crippen LogP contribution is 2.19. The second kappa shape index (κ2) is 16.8. The van der Waals surface area contributed by atoms with Crippen LogP contribution in [0.4, 0.5) is 5.69 Å². The first-order valence-corrected chi connectivity index (χ1v) is 15.0. The average molecular weight is 578 g/mol. The molecule has 1 aliphatic heterocycles. The van der Waals surface area contributed by atoms with Gasteiger partial charge in [0.25, 0.3) is 0 Å². The number of rotatable bonds is 14. The molecule has 1 atom stereocenters. The average Bonchev–Trinajstić information content (AvgIpc) is 2.97. The second-order valence-electron chi connectivity index (χ2n) is 11.9. The van der Waals surface area contributed by atoms with Crippen molar-refractivity contribution in [2.45, 2.75) is 59.1 Å². The molecular weight excluding hydrogens is 530 g/mol. The van der Waals surface area contributed by atoms with Crippen molar-refractivity contribution in [2.75, 3.05) is 50.8 Å². The maximum absolute atomic E-state index is 13.5. The minimum Gasteiger partial charge on any atom is -0.457 e. The van der Waals surface area contributed by atoms with Crippen LogP contribution in [0.2, 0.25) is 0 Å². The van der Waals surface area contributed by atoms with Crippen molar-refractivity contribution in [3.05, 3.63) is 78.4 Å². The van der Waals surface area contributed by atoms with E-state index in [0.29, 0.717) is 39.3 Å². The lowest BCUT2D eigenvalue weighted by molar-refractivity contribution is -0.148. The van der Waals surface area contributed by atoms with Gasteiger partial charge in [-0.3, -0.25) is 14.5 Å². The van der Waals surface area contributed by atoms with Crippen molar-refractivity contribution in [3.8, 4) is 0 Å². The molecule has 1 heterocycles. The molecule has 2 amide bonds. The molecule has 228 valence electrons. The summed E-state index contributed by atoms with van der Waals surface area (Å²) in [6.45, 7) is 12.8. The van der Waals surface area contributed by atoms with Crippen molar-refractivity contribution in [1.29, 1.82) is 0 Å². The molecule has 8 nitrogen and oxygen atoms in total. The summed E-state index contributed by atoms with van der Waals surface area (Å²) >= 11 is 0. The van der Waals surface area contributed by atoms with Crippen molar-refractivity contribution in [1.82, 2.24) is 9.80 Å². The molecular formula is C34H47N3O5. The zero-order chi connectivity index (χ0) is 30.4. The highest BCUT2D eigenvalue weighted by molar-refractivity contribution is 5.95. The van der Waals surface area contributed by atoms with E-state index in [9.17, 15) is 14.4 Å². The molecule has 0 radical (unpaired) electrons. The van der Waals surface area contributed by atoms with E-state index in [4.69, 9.17) is 9.47 Å². The van der Waals surface area contributed by atoms with E-state index in [1.807, 2.05) is 80.3 Å². The Morgan fingerprint density at radius 1 is 0.952 bits per heavy atom. The molecule has 0 unspecified atom stereocenters. The van der Waals surface area contributed by atoms with Gasteiger partial charge < -0.3 is 19.3 Å². The summed E-state index contributed by atoms with van der Waals surface area (Å²) in [5.74, 6) is -0.233. The smallest absolute Gasteiger partial charge is 0.330 e. The number of carbonyl (C=O) groups is 3. The van der Waals surface area contributed by atoms with Gasteiger partial charge in [0.1, 0.15) is 5.60 Å². The maximum atomic E-state index is 13.5. The molecule has 2 aromatic rings. The SMILES string of the molecule is C[C@@H](CN(CC/C=C\C(=O)OC(C)(C)C)Cc1ccccc1)CN(C(=O)CCC(=O)N1CCOCC1)c1ccccc1. The fourth-order valence-electron chi connectivity index (χ4n) is 4.94. The minimum absolute atomic E-state index is 0.00110. The summed E-state index contributed by atoms with van der Waals surface area (Å²) in [6.07, 6.45) is 4.43. The number of hydrogen-bond acceptors (Lipinski definition) is 6. The molecule has 42 heavy (non-hydrogen) atoms. The van der Waals surface area contributed by atoms with Crippen LogP contribution in [0.15, 0.2) is 72.8 Å². The van der Waals surface area contributed by atoms with E-state index >= 15 is 0 Å². The first-order valence-electron chi connectivity index (χ1n) is 15.0. The molecule has 0 saturated carbocycles. The van der Waals surface area contributed by atoms with Crippen molar-refractivity contribution < 1.29 is 23.9 Å². The minimum atomic E-state index is -0.520. The molecule has 2 aromatic carbocycles. The number of carbonyl (C=O) groups excluding carboxylic acids is 3. The predicted octanol–water partition coefficient (Wildman–Crippen LogP) is 5.08.